The average Bonchev–Trinajstić information content (AvgIpc) is 2.37. The van der Waals surface area contributed by atoms with Gasteiger partial charge in [0.25, 0.3) is 0 Å². The van der Waals surface area contributed by atoms with Crippen molar-refractivity contribution >= 4 is 17.3 Å². The summed E-state index contributed by atoms with van der Waals surface area (Å²) in [6.45, 7) is 7.12. The van der Waals surface area contributed by atoms with E-state index in [2.05, 4.69) is 35.4 Å². The van der Waals surface area contributed by atoms with E-state index in [1.165, 1.54) is 0 Å². The predicted octanol–water partition coefficient (Wildman–Crippen LogP) is 1.69. The van der Waals surface area contributed by atoms with E-state index >= 15 is 0 Å². The largest absolute Gasteiger partial charge is 0.382 e. The van der Waals surface area contributed by atoms with Gasteiger partial charge in [-0.3, -0.25) is 4.79 Å². The maximum Gasteiger partial charge on any atom is 0.239 e. The van der Waals surface area contributed by atoms with Crippen molar-refractivity contribution in [2.24, 2.45) is 5.92 Å². The number of amides is 1. The fourth-order valence-corrected chi connectivity index (χ4v) is 2.06. The van der Waals surface area contributed by atoms with Crippen molar-refractivity contribution < 1.29 is 4.79 Å². The Balaban J connectivity index is 1.96. The molecule has 1 aliphatic heterocycles. The number of carbonyl (C=O) groups excluding carboxylic acids is 1. The SMILES string of the molecule is CC(C)CNC(=O)CN1CCNc2ccccc21. The summed E-state index contributed by atoms with van der Waals surface area (Å²) in [5, 5.41) is 6.30. The first-order chi connectivity index (χ1) is 8.66. The molecule has 18 heavy (non-hydrogen) atoms. The number of nitrogens with one attached hydrogen (secondary N) is 2. The average molecular weight is 247 g/mol. The van der Waals surface area contributed by atoms with Gasteiger partial charge in [-0.15, -0.1) is 0 Å². The Labute approximate surface area is 108 Å². The molecule has 4 nitrogen and oxygen atoms in total. The minimum absolute atomic E-state index is 0.0976. The van der Waals surface area contributed by atoms with Crippen LogP contribution < -0.4 is 15.5 Å². The van der Waals surface area contributed by atoms with E-state index in [1.54, 1.807) is 0 Å². The molecule has 1 aliphatic rings. The Morgan fingerprint density at radius 2 is 2.22 bits per heavy atom. The summed E-state index contributed by atoms with van der Waals surface area (Å²) in [6, 6.07) is 8.11. The molecule has 0 radical (unpaired) electrons. The van der Waals surface area contributed by atoms with Crippen LogP contribution in [0.2, 0.25) is 0 Å². The molecule has 1 heterocycles. The summed E-state index contributed by atoms with van der Waals surface area (Å²) >= 11 is 0. The Hall–Kier alpha value is -1.71. The smallest absolute Gasteiger partial charge is 0.239 e. The van der Waals surface area contributed by atoms with Crippen molar-refractivity contribution in [1.29, 1.82) is 0 Å². The summed E-state index contributed by atoms with van der Waals surface area (Å²) in [5.74, 6) is 0.588. The van der Waals surface area contributed by atoms with Gasteiger partial charge in [-0.1, -0.05) is 26.0 Å². The molecule has 2 N–H and O–H groups in total. The van der Waals surface area contributed by atoms with E-state index in [1.807, 2.05) is 18.2 Å². The topological polar surface area (TPSA) is 44.4 Å². The molecule has 0 spiro atoms. The summed E-state index contributed by atoms with van der Waals surface area (Å²) < 4.78 is 0. The lowest BCUT2D eigenvalue weighted by molar-refractivity contribution is -0.119. The third-order valence-electron chi connectivity index (χ3n) is 2.98. The second kappa shape index (κ2) is 5.76. The van der Waals surface area contributed by atoms with Gasteiger partial charge in [0.2, 0.25) is 5.91 Å². The van der Waals surface area contributed by atoms with Crippen LogP contribution in [0.15, 0.2) is 24.3 Å². The van der Waals surface area contributed by atoms with Crippen molar-refractivity contribution in [2.45, 2.75) is 13.8 Å². The fraction of sp³-hybridized carbons (Fsp3) is 0.500. The van der Waals surface area contributed by atoms with Crippen LogP contribution in [0, 0.1) is 5.92 Å². The van der Waals surface area contributed by atoms with Gasteiger partial charge in [0.15, 0.2) is 0 Å². The number of hydrogen-bond donors (Lipinski definition) is 2. The molecule has 0 bridgehead atoms. The van der Waals surface area contributed by atoms with Gasteiger partial charge in [-0.25, -0.2) is 0 Å². The first kappa shape index (κ1) is 12.7. The highest BCUT2D eigenvalue weighted by molar-refractivity contribution is 5.84. The van der Waals surface area contributed by atoms with Gasteiger partial charge in [0.05, 0.1) is 17.9 Å². The monoisotopic (exact) mass is 247 g/mol. The van der Waals surface area contributed by atoms with Gasteiger partial charge in [-0.05, 0) is 18.1 Å². The highest BCUT2D eigenvalue weighted by Crippen LogP contribution is 2.27. The molecule has 0 fully saturated rings. The molecule has 98 valence electrons. The van der Waals surface area contributed by atoms with Crippen molar-refractivity contribution in [1.82, 2.24) is 5.32 Å². The zero-order valence-corrected chi connectivity index (χ0v) is 11.1. The molecule has 1 amide bonds. The molecule has 0 aromatic heterocycles. The van der Waals surface area contributed by atoms with Crippen LogP contribution in [0.25, 0.3) is 0 Å². The Morgan fingerprint density at radius 3 is 3.00 bits per heavy atom. The van der Waals surface area contributed by atoms with Crippen molar-refractivity contribution in [3.63, 3.8) is 0 Å². The first-order valence-electron chi connectivity index (χ1n) is 6.51. The number of nitrogens with zero attached hydrogens (tertiary/aromatic N) is 1. The lowest BCUT2D eigenvalue weighted by Gasteiger charge is -2.31. The summed E-state index contributed by atoms with van der Waals surface area (Å²) in [4.78, 5) is 14.0. The molecule has 0 aliphatic carbocycles. The van der Waals surface area contributed by atoms with E-state index in [-0.39, 0.29) is 5.91 Å². The number of hydrogen-bond acceptors (Lipinski definition) is 3. The second-order valence-corrected chi connectivity index (χ2v) is 5.06. The lowest BCUT2D eigenvalue weighted by Crippen LogP contribution is -2.42. The van der Waals surface area contributed by atoms with Gasteiger partial charge >= 0.3 is 0 Å². The van der Waals surface area contributed by atoms with Gasteiger partial charge in [0, 0.05) is 19.6 Å². The van der Waals surface area contributed by atoms with E-state index in [0.717, 1.165) is 31.0 Å². The fourth-order valence-electron chi connectivity index (χ4n) is 2.06. The molecular formula is C14H21N3O. The molecule has 4 heteroatoms. The minimum Gasteiger partial charge on any atom is -0.382 e. The summed E-state index contributed by atoms with van der Waals surface area (Å²) in [7, 11) is 0. The highest BCUT2D eigenvalue weighted by Gasteiger charge is 2.17. The van der Waals surface area contributed by atoms with Gasteiger partial charge in [-0.2, -0.15) is 0 Å². The summed E-state index contributed by atoms with van der Waals surface area (Å²) in [5.41, 5.74) is 2.23. The summed E-state index contributed by atoms with van der Waals surface area (Å²) in [6.07, 6.45) is 0. The number of para-hydroxylation sites is 2. The van der Waals surface area contributed by atoms with Crippen molar-refractivity contribution in [3.8, 4) is 0 Å². The maximum atomic E-state index is 11.9. The van der Waals surface area contributed by atoms with Gasteiger partial charge in [0.1, 0.15) is 0 Å². The molecule has 0 unspecified atom stereocenters. The third kappa shape index (κ3) is 3.15. The zero-order chi connectivity index (χ0) is 13.0. The lowest BCUT2D eigenvalue weighted by atomic mass is 10.2. The van der Waals surface area contributed by atoms with E-state index in [9.17, 15) is 4.79 Å². The van der Waals surface area contributed by atoms with Crippen LogP contribution >= 0.6 is 0 Å². The normalized spacial score (nSPS) is 14.1. The Morgan fingerprint density at radius 1 is 1.44 bits per heavy atom. The van der Waals surface area contributed by atoms with E-state index in [4.69, 9.17) is 0 Å². The number of anilines is 2. The van der Waals surface area contributed by atoms with Gasteiger partial charge < -0.3 is 15.5 Å². The molecule has 1 aromatic carbocycles. The van der Waals surface area contributed by atoms with Crippen LogP contribution in [0.1, 0.15) is 13.8 Å². The number of carbonyl (C=O) groups is 1. The Bertz CT molecular complexity index is 417. The highest BCUT2D eigenvalue weighted by atomic mass is 16.2. The standard InChI is InChI=1S/C14H21N3O/c1-11(2)9-16-14(18)10-17-8-7-15-12-5-3-4-6-13(12)17/h3-6,11,15H,7-10H2,1-2H3,(H,16,18). The molecule has 1 aromatic rings. The molecular weight excluding hydrogens is 226 g/mol. The van der Waals surface area contributed by atoms with Crippen LogP contribution in [-0.2, 0) is 4.79 Å². The van der Waals surface area contributed by atoms with E-state index in [0.29, 0.717) is 12.5 Å². The minimum atomic E-state index is 0.0976. The number of rotatable bonds is 4. The second-order valence-electron chi connectivity index (χ2n) is 5.06. The molecule has 0 saturated carbocycles. The van der Waals surface area contributed by atoms with Crippen molar-refractivity contribution in [3.05, 3.63) is 24.3 Å². The number of benzene rings is 1. The van der Waals surface area contributed by atoms with E-state index < -0.39 is 0 Å². The maximum absolute atomic E-state index is 11.9. The Kier molecular flexibility index (Phi) is 4.07. The number of fused-ring (bicyclic) bond motifs is 1. The van der Waals surface area contributed by atoms with Crippen LogP contribution in [0.4, 0.5) is 11.4 Å². The first-order valence-corrected chi connectivity index (χ1v) is 6.51. The molecule has 0 atom stereocenters. The van der Waals surface area contributed by atoms with Crippen molar-refractivity contribution in [2.75, 3.05) is 36.4 Å². The van der Waals surface area contributed by atoms with Crippen LogP contribution in [0.3, 0.4) is 0 Å². The molecule has 0 saturated heterocycles. The molecule has 2 rings (SSSR count). The van der Waals surface area contributed by atoms with Crippen LogP contribution in [0.5, 0.6) is 0 Å². The predicted molar refractivity (Wildman–Crippen MR) is 75.0 cm³/mol. The third-order valence-corrected chi connectivity index (χ3v) is 2.98. The quantitative estimate of drug-likeness (QED) is 0.851. The van der Waals surface area contributed by atoms with Crippen LogP contribution in [-0.4, -0.2) is 32.1 Å². The zero-order valence-electron chi connectivity index (χ0n) is 11.1.